The highest BCUT2D eigenvalue weighted by molar-refractivity contribution is 7.99. The lowest BCUT2D eigenvalue weighted by Gasteiger charge is -2.31. The fourth-order valence-electron chi connectivity index (χ4n) is 2.36. The highest BCUT2D eigenvalue weighted by Crippen LogP contribution is 2.19. The summed E-state index contributed by atoms with van der Waals surface area (Å²) < 4.78 is 0. The maximum absolute atomic E-state index is 5.75. The Labute approximate surface area is 109 Å². The van der Waals surface area contributed by atoms with E-state index in [0.717, 1.165) is 12.5 Å². The maximum atomic E-state index is 5.75. The van der Waals surface area contributed by atoms with E-state index in [9.17, 15) is 0 Å². The molecule has 0 amide bonds. The van der Waals surface area contributed by atoms with Gasteiger partial charge in [0.05, 0.1) is 0 Å². The lowest BCUT2D eigenvalue weighted by molar-refractivity contribution is 0.188. The van der Waals surface area contributed by atoms with Gasteiger partial charge in [-0.15, -0.1) is 11.8 Å². The zero-order valence-corrected chi connectivity index (χ0v) is 11.2. The summed E-state index contributed by atoms with van der Waals surface area (Å²) in [5.41, 5.74) is 5.75. The number of nitrogens with two attached hydrogens (primary N) is 1. The van der Waals surface area contributed by atoms with Crippen LogP contribution in [-0.2, 0) is 0 Å². The van der Waals surface area contributed by atoms with Crippen molar-refractivity contribution < 1.29 is 0 Å². The summed E-state index contributed by atoms with van der Waals surface area (Å²) in [6, 6.07) is 10.6. The summed E-state index contributed by atoms with van der Waals surface area (Å²) in [5, 5.41) is 0. The molecule has 2 N–H and O–H groups in total. The summed E-state index contributed by atoms with van der Waals surface area (Å²) >= 11 is 1.95. The molecule has 1 unspecified atom stereocenters. The van der Waals surface area contributed by atoms with Gasteiger partial charge in [-0.2, -0.15) is 0 Å². The van der Waals surface area contributed by atoms with Gasteiger partial charge in [0, 0.05) is 23.7 Å². The molecule has 1 heterocycles. The minimum atomic E-state index is 0.727. The van der Waals surface area contributed by atoms with Crippen LogP contribution in [0.5, 0.6) is 0 Å². The minimum Gasteiger partial charge on any atom is -0.330 e. The Hall–Kier alpha value is -0.510. The van der Waals surface area contributed by atoms with Crippen LogP contribution in [0.15, 0.2) is 35.2 Å². The van der Waals surface area contributed by atoms with Crippen molar-refractivity contribution in [3.05, 3.63) is 30.3 Å². The summed E-state index contributed by atoms with van der Waals surface area (Å²) in [7, 11) is 0. The first kappa shape index (κ1) is 12.9. The topological polar surface area (TPSA) is 29.3 Å². The molecule has 1 aromatic rings. The average Bonchev–Trinajstić information content (AvgIpc) is 2.40. The molecule has 1 aliphatic rings. The van der Waals surface area contributed by atoms with Crippen LogP contribution in [0.4, 0.5) is 0 Å². The molecule has 0 aromatic heterocycles. The van der Waals surface area contributed by atoms with Crippen LogP contribution in [0.25, 0.3) is 0 Å². The second kappa shape index (κ2) is 7.04. The van der Waals surface area contributed by atoms with Crippen molar-refractivity contribution in [2.75, 3.05) is 31.9 Å². The zero-order valence-electron chi connectivity index (χ0n) is 10.3. The van der Waals surface area contributed by atoms with Gasteiger partial charge < -0.3 is 10.6 Å². The monoisotopic (exact) mass is 250 g/mol. The Morgan fingerprint density at radius 3 is 2.88 bits per heavy atom. The first-order chi connectivity index (χ1) is 8.38. The van der Waals surface area contributed by atoms with Crippen molar-refractivity contribution in [2.45, 2.75) is 17.7 Å². The van der Waals surface area contributed by atoms with Crippen molar-refractivity contribution in [1.29, 1.82) is 0 Å². The van der Waals surface area contributed by atoms with Gasteiger partial charge in [0.15, 0.2) is 0 Å². The second-order valence-electron chi connectivity index (χ2n) is 4.71. The minimum absolute atomic E-state index is 0.727. The van der Waals surface area contributed by atoms with Gasteiger partial charge in [0.2, 0.25) is 0 Å². The quantitative estimate of drug-likeness (QED) is 0.814. The van der Waals surface area contributed by atoms with Crippen molar-refractivity contribution >= 4 is 11.8 Å². The van der Waals surface area contributed by atoms with Gasteiger partial charge >= 0.3 is 0 Å². The third-order valence-electron chi connectivity index (χ3n) is 3.36. The molecular formula is C14H22N2S. The summed E-state index contributed by atoms with van der Waals surface area (Å²) in [4.78, 5) is 3.94. The lowest BCUT2D eigenvalue weighted by atomic mass is 9.98. The second-order valence-corrected chi connectivity index (χ2v) is 5.87. The van der Waals surface area contributed by atoms with Gasteiger partial charge in [-0.25, -0.2) is 0 Å². The SMILES string of the molecule is NCC1CCCN(CCSc2ccccc2)C1. The lowest BCUT2D eigenvalue weighted by Crippen LogP contribution is -2.39. The molecule has 1 aliphatic heterocycles. The molecule has 0 bridgehead atoms. The zero-order chi connectivity index (χ0) is 11.9. The molecule has 2 rings (SSSR count). The van der Waals surface area contributed by atoms with Crippen molar-refractivity contribution in [2.24, 2.45) is 11.7 Å². The molecule has 0 aliphatic carbocycles. The number of thioether (sulfide) groups is 1. The Morgan fingerprint density at radius 2 is 2.12 bits per heavy atom. The number of piperidine rings is 1. The van der Waals surface area contributed by atoms with E-state index < -0.39 is 0 Å². The van der Waals surface area contributed by atoms with Gasteiger partial charge in [-0.3, -0.25) is 0 Å². The number of rotatable bonds is 5. The Kier molecular flexibility index (Phi) is 5.36. The van der Waals surface area contributed by atoms with Crippen LogP contribution in [0.1, 0.15) is 12.8 Å². The van der Waals surface area contributed by atoms with E-state index in [4.69, 9.17) is 5.73 Å². The molecule has 1 aromatic carbocycles. The van der Waals surface area contributed by atoms with Gasteiger partial charge in [-0.05, 0) is 44.0 Å². The van der Waals surface area contributed by atoms with Crippen molar-refractivity contribution in [3.63, 3.8) is 0 Å². The van der Waals surface area contributed by atoms with E-state index in [-0.39, 0.29) is 0 Å². The number of likely N-dealkylation sites (tertiary alicyclic amines) is 1. The first-order valence-electron chi connectivity index (χ1n) is 6.49. The predicted molar refractivity (Wildman–Crippen MR) is 75.4 cm³/mol. The molecule has 0 spiro atoms. The molecule has 0 radical (unpaired) electrons. The van der Waals surface area contributed by atoms with E-state index in [2.05, 4.69) is 35.2 Å². The van der Waals surface area contributed by atoms with Crippen molar-refractivity contribution in [1.82, 2.24) is 4.90 Å². The highest BCUT2D eigenvalue weighted by Gasteiger charge is 2.17. The van der Waals surface area contributed by atoms with Gasteiger partial charge in [-0.1, -0.05) is 18.2 Å². The maximum Gasteiger partial charge on any atom is 0.0108 e. The molecule has 2 nitrogen and oxygen atoms in total. The summed E-state index contributed by atoms with van der Waals surface area (Å²) in [6.45, 7) is 4.50. The smallest absolute Gasteiger partial charge is 0.0108 e. The Bertz CT molecular complexity index is 315. The van der Waals surface area contributed by atoms with Crippen LogP contribution in [0.3, 0.4) is 0 Å². The molecule has 1 saturated heterocycles. The molecule has 0 saturated carbocycles. The molecule has 1 atom stereocenters. The predicted octanol–water partition coefficient (Wildman–Crippen LogP) is 2.45. The summed E-state index contributed by atoms with van der Waals surface area (Å²) in [6.07, 6.45) is 2.64. The standard InChI is InChI=1S/C14H22N2S/c15-11-13-5-4-8-16(12-13)9-10-17-14-6-2-1-3-7-14/h1-3,6-7,13H,4-5,8-12,15H2. The molecule has 94 valence electrons. The number of hydrogen-bond donors (Lipinski definition) is 1. The molecule has 17 heavy (non-hydrogen) atoms. The van der Waals surface area contributed by atoms with E-state index in [0.29, 0.717) is 0 Å². The molecular weight excluding hydrogens is 228 g/mol. The van der Waals surface area contributed by atoms with Crippen LogP contribution in [-0.4, -0.2) is 36.8 Å². The van der Waals surface area contributed by atoms with E-state index in [1.165, 1.54) is 43.1 Å². The number of hydrogen-bond acceptors (Lipinski definition) is 3. The largest absolute Gasteiger partial charge is 0.330 e. The van der Waals surface area contributed by atoms with E-state index in [1.807, 2.05) is 11.8 Å². The first-order valence-corrected chi connectivity index (χ1v) is 7.47. The van der Waals surface area contributed by atoms with Crippen molar-refractivity contribution in [3.8, 4) is 0 Å². The van der Waals surface area contributed by atoms with Crippen LogP contribution in [0.2, 0.25) is 0 Å². The number of benzene rings is 1. The number of nitrogens with zero attached hydrogens (tertiary/aromatic N) is 1. The van der Waals surface area contributed by atoms with Gasteiger partial charge in [0.1, 0.15) is 0 Å². The van der Waals surface area contributed by atoms with Gasteiger partial charge in [0.25, 0.3) is 0 Å². The molecule has 3 heteroatoms. The Morgan fingerprint density at radius 1 is 1.29 bits per heavy atom. The normalized spacial score (nSPS) is 21.6. The van der Waals surface area contributed by atoms with Crippen LogP contribution >= 0.6 is 11.8 Å². The third kappa shape index (κ3) is 4.34. The van der Waals surface area contributed by atoms with Crippen LogP contribution in [0, 0.1) is 5.92 Å². The summed E-state index contributed by atoms with van der Waals surface area (Å²) in [5.74, 6) is 1.91. The average molecular weight is 250 g/mol. The Balaban J connectivity index is 1.68. The van der Waals surface area contributed by atoms with Crippen LogP contribution < -0.4 is 5.73 Å². The fraction of sp³-hybridized carbons (Fsp3) is 0.571. The third-order valence-corrected chi connectivity index (χ3v) is 4.35. The molecule has 1 fully saturated rings. The van der Waals surface area contributed by atoms with E-state index in [1.54, 1.807) is 0 Å². The highest BCUT2D eigenvalue weighted by atomic mass is 32.2. The fourth-order valence-corrected chi connectivity index (χ4v) is 3.29. The van der Waals surface area contributed by atoms with E-state index >= 15 is 0 Å².